The highest BCUT2D eigenvalue weighted by Crippen LogP contribution is 2.35. The van der Waals surface area contributed by atoms with Crippen LogP contribution >= 0.6 is 0 Å². The van der Waals surface area contributed by atoms with E-state index in [0.29, 0.717) is 6.61 Å². The number of hydrogen-bond donors (Lipinski definition) is 0. The molecule has 0 saturated heterocycles. The van der Waals surface area contributed by atoms with Gasteiger partial charge in [-0.15, -0.1) is 0 Å². The molecular formula is C19H19N3O2. The highest BCUT2D eigenvalue weighted by Gasteiger charge is 2.15. The summed E-state index contributed by atoms with van der Waals surface area (Å²) in [5, 5.41) is 9.37. The monoisotopic (exact) mass is 321 g/mol. The number of para-hydroxylation sites is 1. The maximum atomic E-state index is 9.37. The van der Waals surface area contributed by atoms with Gasteiger partial charge in [0.15, 0.2) is 11.5 Å². The number of imidazole rings is 1. The van der Waals surface area contributed by atoms with Gasteiger partial charge < -0.3 is 14.0 Å². The van der Waals surface area contributed by atoms with E-state index in [2.05, 4.69) is 17.1 Å². The Hall–Kier alpha value is -3.00. The summed E-state index contributed by atoms with van der Waals surface area (Å²) >= 11 is 0. The Kier molecular flexibility index (Phi) is 4.97. The van der Waals surface area contributed by atoms with E-state index in [1.54, 1.807) is 19.6 Å². The number of fused-ring (bicyclic) bond motifs is 1. The zero-order chi connectivity index (χ0) is 16.8. The lowest BCUT2D eigenvalue weighted by molar-refractivity contribution is 0.318. The Morgan fingerprint density at radius 3 is 3.17 bits per heavy atom. The molecule has 2 heterocycles. The van der Waals surface area contributed by atoms with E-state index in [4.69, 9.17) is 9.47 Å². The lowest BCUT2D eigenvalue weighted by atomic mass is 10.0. The third kappa shape index (κ3) is 3.66. The number of nitriles is 1. The third-order valence-corrected chi connectivity index (χ3v) is 3.88. The molecule has 0 unspecified atom stereocenters. The number of methoxy groups -OCH3 is 1. The Morgan fingerprint density at radius 2 is 2.42 bits per heavy atom. The predicted molar refractivity (Wildman–Crippen MR) is 91.6 cm³/mol. The summed E-state index contributed by atoms with van der Waals surface area (Å²) in [7, 11) is 1.63. The quantitative estimate of drug-likeness (QED) is 0.763. The van der Waals surface area contributed by atoms with E-state index in [0.717, 1.165) is 47.6 Å². The van der Waals surface area contributed by atoms with Crippen molar-refractivity contribution in [2.24, 2.45) is 0 Å². The van der Waals surface area contributed by atoms with E-state index in [1.807, 2.05) is 35.0 Å². The van der Waals surface area contributed by atoms with Gasteiger partial charge in [0.05, 0.1) is 19.5 Å². The molecule has 0 atom stereocenters. The molecule has 0 aliphatic carbocycles. The predicted octanol–water partition coefficient (Wildman–Crippen LogP) is 3.60. The molecule has 3 rings (SSSR count). The van der Waals surface area contributed by atoms with E-state index in [-0.39, 0.29) is 0 Å². The molecule has 1 aromatic carbocycles. The lowest BCUT2D eigenvalue weighted by Crippen LogP contribution is -2.07. The molecule has 5 heteroatoms. The minimum absolute atomic E-state index is 0.445. The molecule has 122 valence electrons. The molecule has 0 radical (unpaired) electrons. The zero-order valence-electron chi connectivity index (χ0n) is 13.6. The number of nitrogens with zero attached hydrogens (tertiary/aromatic N) is 3. The molecule has 0 bridgehead atoms. The average Bonchev–Trinajstić information content (AvgIpc) is 3.13. The molecule has 0 saturated carbocycles. The van der Waals surface area contributed by atoms with Gasteiger partial charge in [0.1, 0.15) is 6.61 Å². The van der Waals surface area contributed by atoms with Gasteiger partial charge in [0.25, 0.3) is 0 Å². The minimum atomic E-state index is 0.445. The molecule has 24 heavy (non-hydrogen) atoms. The number of hydrogen-bond acceptors (Lipinski definition) is 4. The number of allylic oxidation sites excluding steroid dienone is 1. The summed E-state index contributed by atoms with van der Waals surface area (Å²) in [5.41, 5.74) is 2.73. The van der Waals surface area contributed by atoms with Crippen LogP contribution in [-0.4, -0.2) is 23.3 Å². The van der Waals surface area contributed by atoms with Crippen molar-refractivity contribution in [1.82, 2.24) is 9.55 Å². The van der Waals surface area contributed by atoms with Crippen LogP contribution in [0.5, 0.6) is 11.5 Å². The van der Waals surface area contributed by atoms with E-state index in [9.17, 15) is 5.26 Å². The van der Waals surface area contributed by atoms with Gasteiger partial charge in [-0.1, -0.05) is 12.1 Å². The minimum Gasteiger partial charge on any atom is -0.493 e. The second-order valence-electron chi connectivity index (χ2n) is 5.57. The molecule has 0 N–H and O–H groups in total. The number of benzene rings is 1. The van der Waals surface area contributed by atoms with Crippen molar-refractivity contribution in [3.8, 4) is 17.6 Å². The summed E-state index contributed by atoms with van der Waals surface area (Å²) in [6, 6.07) is 8.08. The van der Waals surface area contributed by atoms with Gasteiger partial charge in [-0.25, -0.2) is 4.98 Å². The first-order valence-corrected chi connectivity index (χ1v) is 7.87. The molecular weight excluding hydrogens is 302 g/mol. The van der Waals surface area contributed by atoms with Crippen molar-refractivity contribution < 1.29 is 9.47 Å². The second-order valence-corrected chi connectivity index (χ2v) is 5.57. The van der Waals surface area contributed by atoms with Gasteiger partial charge in [-0.3, -0.25) is 0 Å². The van der Waals surface area contributed by atoms with Crippen LogP contribution in [0.4, 0.5) is 0 Å². The fourth-order valence-corrected chi connectivity index (χ4v) is 2.70. The normalized spacial score (nSPS) is 13.5. The topological polar surface area (TPSA) is 60.1 Å². The first kappa shape index (κ1) is 15.9. The number of ether oxygens (including phenoxy) is 2. The zero-order valence-corrected chi connectivity index (χ0v) is 13.6. The van der Waals surface area contributed by atoms with Crippen molar-refractivity contribution in [2.45, 2.75) is 19.4 Å². The van der Waals surface area contributed by atoms with Crippen LogP contribution in [0.3, 0.4) is 0 Å². The first-order valence-electron chi connectivity index (χ1n) is 7.87. The standard InChI is InChI=1S/C19H19N3O2/c1-23-18-6-2-5-17-11-16(13-24-19(17)18)10-15(12-20)4-3-8-22-9-7-21-14-22/h2,5-7,9-11,14H,3-4,8,13H2,1H3/b15-10+. The molecule has 1 aromatic heterocycles. The fraction of sp³-hybridized carbons (Fsp3) is 0.263. The van der Waals surface area contributed by atoms with E-state index in [1.165, 1.54) is 0 Å². The molecule has 0 spiro atoms. The lowest BCUT2D eigenvalue weighted by Gasteiger charge is -2.18. The van der Waals surface area contributed by atoms with Gasteiger partial charge in [-0.05, 0) is 36.6 Å². The van der Waals surface area contributed by atoms with Crippen LogP contribution in [0, 0.1) is 11.3 Å². The highest BCUT2D eigenvalue weighted by atomic mass is 16.5. The number of rotatable bonds is 6. The Balaban J connectivity index is 1.69. The van der Waals surface area contributed by atoms with E-state index < -0.39 is 0 Å². The van der Waals surface area contributed by atoms with Gasteiger partial charge in [0, 0.05) is 30.1 Å². The van der Waals surface area contributed by atoms with Crippen molar-refractivity contribution in [3.05, 3.63) is 59.7 Å². The third-order valence-electron chi connectivity index (χ3n) is 3.88. The van der Waals surface area contributed by atoms with Crippen molar-refractivity contribution in [1.29, 1.82) is 5.26 Å². The van der Waals surface area contributed by atoms with Crippen molar-refractivity contribution in [3.63, 3.8) is 0 Å². The number of aryl methyl sites for hydroxylation is 1. The van der Waals surface area contributed by atoms with Crippen LogP contribution in [-0.2, 0) is 6.54 Å². The SMILES string of the molecule is COc1cccc2c1OCC(/C=C(/C#N)CCCn1ccnc1)=C2. The Bertz CT molecular complexity index is 799. The molecule has 2 aromatic rings. The summed E-state index contributed by atoms with van der Waals surface area (Å²) in [5.74, 6) is 1.49. The van der Waals surface area contributed by atoms with Crippen LogP contribution in [0.1, 0.15) is 18.4 Å². The molecule has 0 amide bonds. The number of aromatic nitrogens is 2. The molecule has 1 aliphatic rings. The molecule has 1 aliphatic heterocycles. The van der Waals surface area contributed by atoms with Crippen LogP contribution in [0.15, 0.2) is 54.1 Å². The Morgan fingerprint density at radius 1 is 1.50 bits per heavy atom. The largest absolute Gasteiger partial charge is 0.493 e. The van der Waals surface area contributed by atoms with Gasteiger partial charge >= 0.3 is 0 Å². The second kappa shape index (κ2) is 7.51. The summed E-state index contributed by atoms with van der Waals surface area (Å²) in [6.45, 7) is 1.30. The molecule has 5 nitrogen and oxygen atoms in total. The molecule has 0 fully saturated rings. The smallest absolute Gasteiger partial charge is 0.168 e. The van der Waals surface area contributed by atoms with Crippen LogP contribution in [0.25, 0.3) is 6.08 Å². The van der Waals surface area contributed by atoms with Gasteiger partial charge in [0.2, 0.25) is 0 Å². The van der Waals surface area contributed by atoms with E-state index >= 15 is 0 Å². The average molecular weight is 321 g/mol. The first-order chi connectivity index (χ1) is 11.8. The maximum Gasteiger partial charge on any atom is 0.168 e. The maximum absolute atomic E-state index is 9.37. The Labute approximate surface area is 141 Å². The van der Waals surface area contributed by atoms with Crippen molar-refractivity contribution >= 4 is 6.08 Å². The van der Waals surface area contributed by atoms with Gasteiger partial charge in [-0.2, -0.15) is 5.26 Å². The highest BCUT2D eigenvalue weighted by molar-refractivity contribution is 5.68. The van der Waals surface area contributed by atoms with Crippen LogP contribution in [0.2, 0.25) is 0 Å². The van der Waals surface area contributed by atoms with Crippen molar-refractivity contribution in [2.75, 3.05) is 13.7 Å². The van der Waals surface area contributed by atoms with Crippen LogP contribution < -0.4 is 9.47 Å². The fourth-order valence-electron chi connectivity index (χ4n) is 2.70. The summed E-state index contributed by atoms with van der Waals surface area (Å²) in [6.07, 6.45) is 11.1. The summed E-state index contributed by atoms with van der Waals surface area (Å²) < 4.78 is 13.1. The summed E-state index contributed by atoms with van der Waals surface area (Å²) in [4.78, 5) is 4.02.